The number of hydrogen-bond acceptors (Lipinski definition) is 8. The van der Waals surface area contributed by atoms with Crippen molar-refractivity contribution in [1.82, 2.24) is 9.78 Å². The summed E-state index contributed by atoms with van der Waals surface area (Å²) < 4.78 is 6.34. The van der Waals surface area contributed by atoms with E-state index in [1.807, 2.05) is 0 Å². The Balaban J connectivity index is 2.42. The summed E-state index contributed by atoms with van der Waals surface area (Å²) in [4.78, 5) is 47.9. The summed E-state index contributed by atoms with van der Waals surface area (Å²) in [6.45, 7) is 8.15. The number of carbonyl (C=O) groups is 3. The molecule has 0 aliphatic carbocycles. The molecule has 2 rings (SSSR count). The van der Waals surface area contributed by atoms with Gasteiger partial charge in [-0.25, -0.2) is 4.79 Å². The molecule has 0 aromatic carbocycles. The minimum atomic E-state index is -0.832. The molecule has 156 valence electrons. The van der Waals surface area contributed by atoms with Crippen LogP contribution >= 0.6 is 11.3 Å². The molecule has 29 heavy (non-hydrogen) atoms. The molecule has 2 heterocycles. The number of nitrogens with zero attached hydrogens (tertiary/aromatic N) is 3. The number of aryl methyl sites for hydroxylation is 1. The molecule has 1 unspecified atom stereocenters. The minimum absolute atomic E-state index is 0.133. The molecule has 1 N–H and O–H groups in total. The first-order valence-corrected chi connectivity index (χ1v) is 9.76. The van der Waals surface area contributed by atoms with Crippen molar-refractivity contribution >= 4 is 39.8 Å². The number of ether oxygens (including phenoxy) is 1. The van der Waals surface area contributed by atoms with Crippen LogP contribution in [0.4, 0.5) is 10.8 Å². The van der Waals surface area contributed by atoms with Crippen molar-refractivity contribution in [3.05, 3.63) is 37.9 Å². The average Bonchev–Trinajstić information content (AvgIpc) is 3.17. The van der Waals surface area contributed by atoms with E-state index in [1.54, 1.807) is 27.7 Å². The quantitative estimate of drug-likeness (QED) is 0.298. The highest BCUT2D eigenvalue weighted by molar-refractivity contribution is 7.18. The molecule has 2 aromatic rings. The van der Waals surface area contributed by atoms with Gasteiger partial charge in [0.1, 0.15) is 5.00 Å². The van der Waals surface area contributed by atoms with E-state index in [4.69, 9.17) is 4.74 Å². The second-order valence-corrected chi connectivity index (χ2v) is 7.32. The highest BCUT2D eigenvalue weighted by atomic mass is 32.1. The second-order valence-electron chi connectivity index (χ2n) is 6.30. The van der Waals surface area contributed by atoms with Crippen LogP contribution in [0.5, 0.6) is 0 Å². The van der Waals surface area contributed by atoms with Gasteiger partial charge in [-0.3, -0.25) is 9.59 Å². The third-order valence-electron chi connectivity index (χ3n) is 4.26. The van der Waals surface area contributed by atoms with Crippen molar-refractivity contribution in [2.24, 2.45) is 0 Å². The molecule has 11 heteroatoms. The lowest BCUT2D eigenvalue weighted by molar-refractivity contribution is -0.389. The predicted octanol–water partition coefficient (Wildman–Crippen LogP) is 3.44. The van der Waals surface area contributed by atoms with Crippen LogP contribution in [0.15, 0.2) is 6.07 Å². The zero-order chi connectivity index (χ0) is 21.9. The van der Waals surface area contributed by atoms with E-state index in [1.165, 1.54) is 17.7 Å². The molecule has 0 fully saturated rings. The molecule has 0 aliphatic heterocycles. The van der Waals surface area contributed by atoms with Gasteiger partial charge in [0.05, 0.1) is 33.9 Å². The number of anilines is 1. The van der Waals surface area contributed by atoms with E-state index in [0.29, 0.717) is 22.6 Å². The first kappa shape index (κ1) is 22.2. The van der Waals surface area contributed by atoms with Crippen molar-refractivity contribution in [3.63, 3.8) is 0 Å². The maximum absolute atomic E-state index is 12.9. The molecule has 1 amide bonds. The molecule has 10 nitrogen and oxygen atoms in total. The van der Waals surface area contributed by atoms with E-state index in [0.717, 1.165) is 11.3 Å². The van der Waals surface area contributed by atoms with Crippen LogP contribution in [0.2, 0.25) is 0 Å². The van der Waals surface area contributed by atoms with Gasteiger partial charge in [-0.2, -0.15) is 4.68 Å². The minimum Gasteiger partial charge on any atom is -0.462 e. The number of carbonyl (C=O) groups excluding carboxylic acids is 3. The van der Waals surface area contributed by atoms with Gasteiger partial charge in [-0.05, 0) is 44.6 Å². The standard InChI is InChI=1S/C18H22N4O6S/c1-6-12(21-9(3)8-13(20-21)22(26)27)16(24)19-17-14(18(25)28-7-2)10(4)15(29-17)11(5)23/h8,12H,6-7H2,1-5H3,(H,19,24). The first-order chi connectivity index (χ1) is 13.6. The van der Waals surface area contributed by atoms with Crippen LogP contribution in [0.25, 0.3) is 0 Å². The number of nitrogens with one attached hydrogen (secondary N) is 1. The summed E-state index contributed by atoms with van der Waals surface area (Å²) >= 11 is 0.994. The maximum Gasteiger partial charge on any atom is 0.390 e. The molecular formula is C18H22N4O6S. The average molecular weight is 422 g/mol. The Kier molecular flexibility index (Phi) is 6.85. The van der Waals surface area contributed by atoms with Crippen LogP contribution in [0.3, 0.4) is 0 Å². The van der Waals surface area contributed by atoms with Gasteiger partial charge in [-0.15, -0.1) is 11.3 Å². The normalized spacial score (nSPS) is 11.8. The number of ketones is 1. The molecule has 0 saturated carbocycles. The summed E-state index contributed by atoms with van der Waals surface area (Å²) in [6, 6.07) is 0.449. The van der Waals surface area contributed by atoms with E-state index in [9.17, 15) is 24.5 Å². The van der Waals surface area contributed by atoms with E-state index in [2.05, 4.69) is 10.4 Å². The molecule has 0 spiro atoms. The van der Waals surface area contributed by atoms with Gasteiger partial charge in [0.15, 0.2) is 11.8 Å². The number of rotatable bonds is 8. The molecule has 2 aromatic heterocycles. The summed E-state index contributed by atoms with van der Waals surface area (Å²) in [5.74, 6) is -1.73. The van der Waals surface area contributed by atoms with Gasteiger partial charge < -0.3 is 20.2 Å². The van der Waals surface area contributed by atoms with E-state index in [-0.39, 0.29) is 28.8 Å². The Morgan fingerprint density at radius 3 is 2.48 bits per heavy atom. The van der Waals surface area contributed by atoms with Crippen LogP contribution in [0, 0.1) is 24.0 Å². The smallest absolute Gasteiger partial charge is 0.390 e. The Labute approximate surface area is 171 Å². The number of thiophene rings is 1. The highest BCUT2D eigenvalue weighted by Gasteiger charge is 2.30. The number of hydrogen-bond donors (Lipinski definition) is 1. The molecular weight excluding hydrogens is 400 g/mol. The molecule has 1 atom stereocenters. The fraction of sp³-hybridized carbons (Fsp3) is 0.444. The number of amides is 1. The van der Waals surface area contributed by atoms with Crippen molar-refractivity contribution in [3.8, 4) is 0 Å². The molecule has 0 saturated heterocycles. The van der Waals surface area contributed by atoms with Crippen LogP contribution < -0.4 is 5.32 Å². The van der Waals surface area contributed by atoms with Crippen molar-refractivity contribution in [2.75, 3.05) is 11.9 Å². The third kappa shape index (κ3) is 4.50. The fourth-order valence-corrected chi connectivity index (χ4v) is 4.02. The first-order valence-electron chi connectivity index (χ1n) is 8.95. The maximum atomic E-state index is 12.9. The van der Waals surface area contributed by atoms with Gasteiger partial charge >= 0.3 is 11.8 Å². The number of nitro groups is 1. The number of aromatic nitrogens is 2. The topological polar surface area (TPSA) is 133 Å². The Bertz CT molecular complexity index is 977. The summed E-state index contributed by atoms with van der Waals surface area (Å²) in [5.41, 5.74) is 1.03. The zero-order valence-corrected chi connectivity index (χ0v) is 17.6. The van der Waals surface area contributed by atoms with Crippen molar-refractivity contribution in [2.45, 2.75) is 47.1 Å². The zero-order valence-electron chi connectivity index (χ0n) is 16.8. The number of esters is 1. The Hall–Kier alpha value is -3.08. The van der Waals surface area contributed by atoms with E-state index < -0.39 is 22.8 Å². The van der Waals surface area contributed by atoms with Gasteiger partial charge in [0.2, 0.25) is 0 Å². The van der Waals surface area contributed by atoms with Crippen molar-refractivity contribution < 1.29 is 24.0 Å². The van der Waals surface area contributed by atoms with Gasteiger partial charge in [-0.1, -0.05) is 6.92 Å². The molecule has 0 radical (unpaired) electrons. The van der Waals surface area contributed by atoms with Crippen LogP contribution in [0.1, 0.15) is 64.5 Å². The second kappa shape index (κ2) is 8.95. The Morgan fingerprint density at radius 2 is 2.00 bits per heavy atom. The summed E-state index contributed by atoms with van der Waals surface area (Å²) in [5, 5.41) is 17.7. The number of Topliss-reactive ketones (excluding diaryl/α,β-unsaturated/α-hetero) is 1. The monoisotopic (exact) mass is 422 g/mol. The lowest BCUT2D eigenvalue weighted by Crippen LogP contribution is -2.27. The Morgan fingerprint density at radius 1 is 1.34 bits per heavy atom. The van der Waals surface area contributed by atoms with Gasteiger partial charge in [0.25, 0.3) is 5.91 Å². The van der Waals surface area contributed by atoms with Crippen molar-refractivity contribution in [1.29, 1.82) is 0 Å². The fourth-order valence-electron chi connectivity index (χ4n) is 2.93. The summed E-state index contributed by atoms with van der Waals surface area (Å²) in [7, 11) is 0. The summed E-state index contributed by atoms with van der Waals surface area (Å²) in [6.07, 6.45) is 0.310. The molecule has 0 aliphatic rings. The van der Waals surface area contributed by atoms with Gasteiger partial charge in [0, 0.05) is 0 Å². The van der Waals surface area contributed by atoms with Crippen LogP contribution in [-0.4, -0.2) is 39.0 Å². The van der Waals surface area contributed by atoms with E-state index >= 15 is 0 Å². The van der Waals surface area contributed by atoms with Crippen LogP contribution in [-0.2, 0) is 9.53 Å². The highest BCUT2D eigenvalue weighted by Crippen LogP contribution is 2.35. The SMILES string of the molecule is CCOC(=O)c1c(NC(=O)C(CC)n2nc([N+](=O)[O-])cc2C)sc(C(C)=O)c1C. The molecule has 0 bridgehead atoms. The lowest BCUT2D eigenvalue weighted by atomic mass is 10.1. The predicted molar refractivity (Wildman–Crippen MR) is 107 cm³/mol. The largest absolute Gasteiger partial charge is 0.462 e. The third-order valence-corrected chi connectivity index (χ3v) is 5.57. The lowest BCUT2D eigenvalue weighted by Gasteiger charge is -2.14.